The van der Waals surface area contributed by atoms with Crippen LogP contribution in [-0.4, -0.2) is 12.6 Å². The number of nitrogens with zero attached hydrogens (tertiary/aromatic N) is 1. The minimum absolute atomic E-state index is 0.505. The fourth-order valence-corrected chi connectivity index (χ4v) is 10.6. The van der Waals surface area contributed by atoms with Crippen molar-refractivity contribution in [3.63, 3.8) is 0 Å². The number of aromatic nitrogens is 1. The zero-order chi connectivity index (χ0) is 69.3. The largest absolute Gasteiger partial charge is 0.309 e. The average Bonchev–Trinajstić information content (AvgIpc) is 1.29. The van der Waals surface area contributed by atoms with Gasteiger partial charge >= 0.3 is 0 Å². The molecular formula is C54H37NSi. The van der Waals surface area contributed by atoms with Crippen molar-refractivity contribution in [3.05, 3.63) is 224 Å². The van der Waals surface area contributed by atoms with Crippen LogP contribution in [0.2, 0.25) is 0 Å². The van der Waals surface area contributed by atoms with Gasteiger partial charge in [0.1, 0.15) is 0 Å². The highest BCUT2D eigenvalue weighted by Gasteiger charge is 2.42. The van der Waals surface area contributed by atoms with Gasteiger partial charge in [-0.15, -0.1) is 0 Å². The molecule has 9 aromatic carbocycles. The van der Waals surface area contributed by atoms with Gasteiger partial charge in [-0.05, 0) is 89.4 Å². The van der Waals surface area contributed by atoms with E-state index in [-0.39, 0.29) is 0 Å². The lowest BCUT2D eigenvalue weighted by Crippen LogP contribution is -2.74. The summed E-state index contributed by atoms with van der Waals surface area (Å²) in [4.78, 5) is 0. The summed E-state index contributed by atoms with van der Waals surface area (Å²) >= 11 is 0. The van der Waals surface area contributed by atoms with Crippen molar-refractivity contribution in [2.24, 2.45) is 0 Å². The van der Waals surface area contributed by atoms with Crippen molar-refractivity contribution < 1.29 is 50.7 Å². The van der Waals surface area contributed by atoms with E-state index in [2.05, 4.69) is 0 Å². The predicted molar refractivity (Wildman–Crippen MR) is 240 cm³/mol. The third kappa shape index (κ3) is 4.86. The van der Waals surface area contributed by atoms with E-state index >= 15 is 0 Å². The van der Waals surface area contributed by atoms with Crippen LogP contribution in [0.3, 0.4) is 0 Å². The first-order valence-electron chi connectivity index (χ1n) is 34.9. The first kappa shape index (κ1) is 12.2. The monoisotopic (exact) mass is 765 g/mol. The van der Waals surface area contributed by atoms with Crippen LogP contribution < -0.4 is 20.7 Å². The Morgan fingerprint density at radius 1 is 0.286 bits per heavy atom. The van der Waals surface area contributed by atoms with E-state index < -0.39 is 324 Å². The zero-order valence-corrected chi connectivity index (χ0v) is 28.9. The molecule has 1 aliphatic carbocycles. The fourth-order valence-electron chi connectivity index (χ4n) is 6.93. The molecule has 0 amide bonds. The van der Waals surface area contributed by atoms with Crippen molar-refractivity contribution in [3.8, 4) is 50.2 Å². The molecule has 0 unspecified atom stereocenters. The summed E-state index contributed by atoms with van der Waals surface area (Å²) in [7, 11) is -7.04. The van der Waals surface area contributed by atoms with Gasteiger partial charge < -0.3 is 4.57 Å². The van der Waals surface area contributed by atoms with Gasteiger partial charge in [0, 0.05) is 16.5 Å². The minimum atomic E-state index is -7.04. The van der Waals surface area contributed by atoms with Gasteiger partial charge in [0.15, 0.2) is 8.07 Å². The molecule has 0 N–H and O–H groups in total. The molecule has 1 aliphatic rings. The first-order valence-corrected chi connectivity index (χ1v) is 18.4. The van der Waals surface area contributed by atoms with E-state index in [0.29, 0.717) is 4.57 Å². The normalized spacial score (nSPS) is 21.2. The van der Waals surface area contributed by atoms with E-state index in [0.717, 1.165) is 0 Å². The molecule has 0 saturated heterocycles. The molecule has 0 radical (unpaired) electrons. The second-order valence-corrected chi connectivity index (χ2v) is 15.5. The van der Waals surface area contributed by atoms with Crippen molar-refractivity contribution in [1.82, 2.24) is 4.57 Å². The van der Waals surface area contributed by atoms with Crippen LogP contribution in [0.25, 0.3) is 72.0 Å². The van der Waals surface area contributed by atoms with Gasteiger partial charge in [0.2, 0.25) is 0 Å². The molecule has 1 heterocycles. The standard InChI is InChI=1S/C54H37NSi/c1-3-19-39(20-4-1)56(40-21-5-2-6-22-40,41-23-17-18-38(36-41)55-53-32-15-13-30-50(53)51-31-14-16-33-54(51)55)42-34-35-49-47-28-10-9-26-45(47)43-24-7-8-25-44(43)46-27-11-12-29-48(46)52(49)37-42/h1-37H/i1D,2D,3D,4D,5D,6D,7D,8D,9D,10D,11D,12D,13D,14D,15D,16D,17D,18D,19D,20D,21D,22D,23D,24D,25D,26D,27D,28D,29D,30D,31D,32D,33D,34D,35D,36D,37D. The van der Waals surface area contributed by atoms with E-state index in [1.807, 2.05) is 0 Å². The fraction of sp³-hybridized carbons (Fsp3) is 0. The number of rotatable bonds is 5. The summed E-state index contributed by atoms with van der Waals surface area (Å²) in [6.45, 7) is 0. The van der Waals surface area contributed by atoms with Crippen LogP contribution in [0, 0.1) is 0 Å². The third-order valence-corrected chi connectivity index (χ3v) is 13.2. The number of para-hydroxylation sites is 2. The number of hydrogen-bond acceptors (Lipinski definition) is 0. The van der Waals surface area contributed by atoms with Gasteiger partial charge in [0.05, 0.1) is 61.8 Å². The van der Waals surface area contributed by atoms with Gasteiger partial charge in [0.25, 0.3) is 0 Å². The molecule has 0 fully saturated rings. The van der Waals surface area contributed by atoms with E-state index in [1.165, 1.54) is 0 Å². The molecule has 0 spiro atoms. The molecule has 0 saturated carbocycles. The predicted octanol–water partition coefficient (Wildman–Crippen LogP) is 11.1. The molecule has 10 aromatic rings. The Labute approximate surface area is 380 Å². The summed E-state index contributed by atoms with van der Waals surface area (Å²) in [5.41, 5.74) is -11.1. The van der Waals surface area contributed by atoms with Gasteiger partial charge in [-0.25, -0.2) is 0 Å². The number of benzene rings is 9. The smallest absolute Gasteiger partial charge is 0.179 e. The second-order valence-electron chi connectivity index (χ2n) is 12.0. The van der Waals surface area contributed by atoms with Crippen molar-refractivity contribution in [1.29, 1.82) is 0 Å². The lowest BCUT2D eigenvalue weighted by Gasteiger charge is -2.35. The minimum Gasteiger partial charge on any atom is -0.309 e. The van der Waals surface area contributed by atoms with Gasteiger partial charge in [-0.2, -0.15) is 0 Å². The summed E-state index contributed by atoms with van der Waals surface area (Å²) in [5, 5.41) is -7.06. The van der Waals surface area contributed by atoms with Crippen LogP contribution in [0.5, 0.6) is 0 Å². The zero-order valence-electron chi connectivity index (χ0n) is 64.9. The number of hydrogen-bond donors (Lipinski definition) is 0. The van der Waals surface area contributed by atoms with Crippen LogP contribution in [-0.2, 0) is 0 Å². The highest BCUT2D eigenvalue weighted by molar-refractivity contribution is 7.20. The summed E-state index contributed by atoms with van der Waals surface area (Å²) in [6.07, 6.45) is 0. The Hall–Kier alpha value is -7.00. The maximum atomic E-state index is 10.9. The molecule has 1 aromatic heterocycles. The molecular weight excluding hydrogens is 691 g/mol. The van der Waals surface area contributed by atoms with Crippen molar-refractivity contribution in [2.45, 2.75) is 0 Å². The topological polar surface area (TPSA) is 4.93 Å². The second kappa shape index (κ2) is 13.1. The Bertz CT molecular complexity index is 5020. The third-order valence-electron chi connectivity index (χ3n) is 9.24. The lowest BCUT2D eigenvalue weighted by molar-refractivity contribution is 1.18. The highest BCUT2D eigenvalue weighted by atomic mass is 28.3. The SMILES string of the molecule is [2H]c1c([2H])c([2H])c([Si](c2c([2H])c([2H])c([2H])c([2H])c2[2H])(c2c([2H])c([2H])c3c(c2[2H])-c2c([2H])c([2H])c([2H])c([2H])c2-c2c([2H])c([2H])c([2H])c([2H])c2-c2c([2H])c([2H])c([2H])c([2H])c2-3)c2c([2H])c([2H])c([2H])c(-n3c4c([2H])c([2H])c([2H])c([2H])c4c4c([2H])c([2H])c([2H])c([2H])c43)c2[2H])c([2H])c1[2H]. The van der Waals surface area contributed by atoms with Gasteiger partial charge in [-0.1, -0.05) is 199 Å². The Morgan fingerprint density at radius 3 is 1.16 bits per heavy atom. The molecule has 0 atom stereocenters. The Morgan fingerprint density at radius 2 is 0.661 bits per heavy atom. The van der Waals surface area contributed by atoms with Crippen molar-refractivity contribution in [2.75, 3.05) is 0 Å². The first-order chi connectivity index (χ1) is 43.2. The maximum absolute atomic E-state index is 10.9. The molecule has 1 nitrogen and oxygen atoms in total. The number of fused-ring (bicyclic) bond motifs is 11. The lowest BCUT2D eigenvalue weighted by atomic mass is 9.81. The van der Waals surface area contributed by atoms with E-state index in [9.17, 15) is 31.5 Å². The molecule has 2 heteroatoms. The maximum Gasteiger partial charge on any atom is 0.179 e. The van der Waals surface area contributed by atoms with E-state index in [4.69, 9.17) is 19.2 Å². The quantitative estimate of drug-likeness (QED) is 0.121. The molecule has 0 bridgehead atoms. The van der Waals surface area contributed by atoms with Crippen molar-refractivity contribution >= 4 is 50.6 Å². The van der Waals surface area contributed by atoms with Crippen LogP contribution in [0.1, 0.15) is 50.7 Å². The van der Waals surface area contributed by atoms with E-state index in [1.54, 1.807) is 0 Å². The van der Waals surface area contributed by atoms with Crippen LogP contribution in [0.15, 0.2) is 224 Å². The van der Waals surface area contributed by atoms with Gasteiger partial charge in [-0.3, -0.25) is 0 Å². The Balaban J connectivity index is 1.57. The Kier molecular flexibility index (Phi) is 2.86. The average molecular weight is 765 g/mol. The molecule has 56 heavy (non-hydrogen) atoms. The highest BCUT2D eigenvalue weighted by Crippen LogP contribution is 2.47. The van der Waals surface area contributed by atoms with Crippen LogP contribution in [0.4, 0.5) is 0 Å². The molecule has 0 aliphatic heterocycles. The summed E-state index contributed by atoms with van der Waals surface area (Å²) in [5.74, 6) is 0. The van der Waals surface area contributed by atoms with Crippen LogP contribution >= 0.6 is 0 Å². The summed E-state index contributed by atoms with van der Waals surface area (Å²) in [6, 6.07) is -46.5. The molecule has 11 rings (SSSR count). The molecule has 262 valence electrons. The summed E-state index contributed by atoms with van der Waals surface area (Å²) < 4.78 is 349.